The van der Waals surface area contributed by atoms with E-state index in [0.717, 1.165) is 26.2 Å². The van der Waals surface area contributed by atoms with Crippen LogP contribution in [-0.4, -0.2) is 48.7 Å². The van der Waals surface area contributed by atoms with E-state index in [1.54, 1.807) is 18.2 Å². The number of ether oxygens (including phenoxy) is 1. The molecule has 1 fully saturated rings. The molecule has 0 spiro atoms. The molecule has 0 aromatic heterocycles. The summed E-state index contributed by atoms with van der Waals surface area (Å²) in [4.78, 5) is 13.1. The van der Waals surface area contributed by atoms with Gasteiger partial charge in [-0.1, -0.05) is 25.1 Å². The molecule has 1 heterocycles. The molecule has 2 unspecified atom stereocenters. The van der Waals surface area contributed by atoms with Crippen molar-refractivity contribution in [2.24, 2.45) is 0 Å². The molecule has 0 amide bonds. The van der Waals surface area contributed by atoms with Crippen molar-refractivity contribution < 1.29 is 9.66 Å². The van der Waals surface area contributed by atoms with Gasteiger partial charge in [0.1, 0.15) is 0 Å². The van der Waals surface area contributed by atoms with Crippen molar-refractivity contribution in [3.05, 3.63) is 39.9 Å². The Labute approximate surface area is 125 Å². The highest BCUT2D eigenvalue weighted by molar-refractivity contribution is 5.41. The minimum Gasteiger partial charge on any atom is -0.374 e. The third kappa shape index (κ3) is 4.23. The lowest BCUT2D eigenvalue weighted by molar-refractivity contribution is -0.385. The summed E-state index contributed by atoms with van der Waals surface area (Å²) in [6.07, 6.45) is 0.143. The number of rotatable bonds is 6. The summed E-state index contributed by atoms with van der Waals surface area (Å²) >= 11 is 0. The number of hydrogen-bond acceptors (Lipinski definition) is 5. The second kappa shape index (κ2) is 7.49. The second-order valence-corrected chi connectivity index (χ2v) is 5.33. The van der Waals surface area contributed by atoms with Gasteiger partial charge in [0, 0.05) is 37.3 Å². The molecule has 21 heavy (non-hydrogen) atoms. The number of nitrogens with zero attached hydrogens (tertiary/aromatic N) is 2. The van der Waals surface area contributed by atoms with Crippen LogP contribution in [-0.2, 0) is 4.74 Å². The van der Waals surface area contributed by atoms with Gasteiger partial charge >= 0.3 is 0 Å². The van der Waals surface area contributed by atoms with Gasteiger partial charge in [0.15, 0.2) is 0 Å². The van der Waals surface area contributed by atoms with Crippen molar-refractivity contribution in [1.29, 1.82) is 0 Å². The molecular weight excluding hydrogens is 270 g/mol. The molecule has 1 N–H and O–H groups in total. The van der Waals surface area contributed by atoms with Crippen LogP contribution in [0.4, 0.5) is 5.69 Å². The molecule has 1 aliphatic rings. The van der Waals surface area contributed by atoms with Gasteiger partial charge in [-0.3, -0.25) is 15.0 Å². The highest BCUT2D eigenvalue weighted by Gasteiger charge is 2.22. The van der Waals surface area contributed by atoms with E-state index < -0.39 is 0 Å². The van der Waals surface area contributed by atoms with E-state index in [2.05, 4.69) is 17.1 Å². The number of hydrogen-bond donors (Lipinski definition) is 1. The average molecular weight is 293 g/mol. The van der Waals surface area contributed by atoms with E-state index in [9.17, 15) is 10.1 Å². The molecule has 1 aliphatic heterocycles. The van der Waals surface area contributed by atoms with Crippen molar-refractivity contribution in [3.63, 3.8) is 0 Å². The highest BCUT2D eigenvalue weighted by Crippen LogP contribution is 2.24. The number of para-hydroxylation sites is 1. The topological polar surface area (TPSA) is 67.6 Å². The summed E-state index contributed by atoms with van der Waals surface area (Å²) in [6, 6.07) is 6.79. The van der Waals surface area contributed by atoms with Gasteiger partial charge < -0.3 is 10.1 Å². The number of morpholine rings is 1. The van der Waals surface area contributed by atoms with Gasteiger partial charge in [-0.05, 0) is 13.5 Å². The van der Waals surface area contributed by atoms with E-state index in [-0.39, 0.29) is 22.8 Å². The summed E-state index contributed by atoms with van der Waals surface area (Å²) < 4.78 is 5.74. The Bertz CT molecular complexity index is 481. The van der Waals surface area contributed by atoms with Gasteiger partial charge in [-0.2, -0.15) is 0 Å². The summed E-state index contributed by atoms with van der Waals surface area (Å²) in [7, 11) is 0. The average Bonchev–Trinajstić information content (AvgIpc) is 2.52. The first-order valence-corrected chi connectivity index (χ1v) is 7.42. The lowest BCUT2D eigenvalue weighted by Gasteiger charge is -2.32. The summed E-state index contributed by atoms with van der Waals surface area (Å²) in [5.41, 5.74) is 0.878. The largest absolute Gasteiger partial charge is 0.374 e. The number of nitro groups is 1. The molecule has 0 saturated carbocycles. The molecule has 0 aliphatic carbocycles. The van der Waals surface area contributed by atoms with Crippen LogP contribution >= 0.6 is 0 Å². The molecule has 2 rings (SSSR count). The predicted octanol–water partition coefficient (Wildman–Crippen LogP) is 1.97. The monoisotopic (exact) mass is 293 g/mol. The first kappa shape index (κ1) is 15.9. The minimum absolute atomic E-state index is 0.0767. The van der Waals surface area contributed by atoms with Gasteiger partial charge in [0.25, 0.3) is 5.69 Å². The summed E-state index contributed by atoms with van der Waals surface area (Å²) in [5.74, 6) is 0. The Morgan fingerprint density at radius 2 is 2.29 bits per heavy atom. The summed E-state index contributed by atoms with van der Waals surface area (Å²) in [5, 5.41) is 14.4. The summed E-state index contributed by atoms with van der Waals surface area (Å²) in [6.45, 7) is 8.46. The van der Waals surface area contributed by atoms with Crippen LogP contribution in [0.5, 0.6) is 0 Å². The smallest absolute Gasteiger partial charge is 0.274 e. The van der Waals surface area contributed by atoms with Gasteiger partial charge in [-0.25, -0.2) is 0 Å². The number of likely N-dealkylation sites (N-methyl/N-ethyl adjacent to an activating group) is 1. The maximum Gasteiger partial charge on any atom is 0.274 e. The van der Waals surface area contributed by atoms with E-state index in [4.69, 9.17) is 4.74 Å². The molecule has 116 valence electrons. The van der Waals surface area contributed by atoms with Gasteiger partial charge in [0.05, 0.1) is 17.6 Å². The van der Waals surface area contributed by atoms with E-state index in [1.165, 1.54) is 0 Å². The SMILES string of the molecule is CCN1CCOC(CNC(C)c2ccccc2[N+](=O)[O-])C1. The van der Waals surface area contributed by atoms with Crippen LogP contribution in [0.3, 0.4) is 0 Å². The van der Waals surface area contributed by atoms with Crippen molar-refractivity contribution in [2.75, 3.05) is 32.8 Å². The fraction of sp³-hybridized carbons (Fsp3) is 0.600. The minimum atomic E-state index is -0.330. The van der Waals surface area contributed by atoms with E-state index >= 15 is 0 Å². The Hall–Kier alpha value is -1.50. The van der Waals surface area contributed by atoms with E-state index in [0.29, 0.717) is 12.1 Å². The maximum atomic E-state index is 11.1. The molecule has 6 heteroatoms. The quantitative estimate of drug-likeness (QED) is 0.641. The van der Waals surface area contributed by atoms with Crippen LogP contribution in [0.1, 0.15) is 25.5 Å². The van der Waals surface area contributed by atoms with Crippen molar-refractivity contribution in [3.8, 4) is 0 Å². The third-order valence-electron chi connectivity index (χ3n) is 3.92. The van der Waals surface area contributed by atoms with Crippen molar-refractivity contribution in [2.45, 2.75) is 26.0 Å². The Balaban J connectivity index is 1.93. The second-order valence-electron chi connectivity index (χ2n) is 5.33. The Morgan fingerprint density at radius 3 is 3.00 bits per heavy atom. The molecule has 2 atom stereocenters. The molecular formula is C15H23N3O3. The molecule has 0 bridgehead atoms. The van der Waals surface area contributed by atoms with Crippen LogP contribution in [0.25, 0.3) is 0 Å². The normalized spacial score (nSPS) is 21.1. The highest BCUT2D eigenvalue weighted by atomic mass is 16.6. The van der Waals surface area contributed by atoms with Crippen LogP contribution in [0.2, 0.25) is 0 Å². The maximum absolute atomic E-state index is 11.1. The fourth-order valence-electron chi connectivity index (χ4n) is 2.63. The van der Waals surface area contributed by atoms with E-state index in [1.807, 2.05) is 13.0 Å². The zero-order valence-corrected chi connectivity index (χ0v) is 12.6. The standard InChI is InChI=1S/C15H23N3O3/c1-3-17-8-9-21-13(11-17)10-16-12(2)14-6-4-5-7-15(14)18(19)20/h4-7,12-13,16H,3,8-11H2,1-2H3. The zero-order valence-electron chi connectivity index (χ0n) is 12.6. The van der Waals surface area contributed by atoms with Gasteiger partial charge in [0.2, 0.25) is 0 Å². The zero-order chi connectivity index (χ0) is 15.2. The Morgan fingerprint density at radius 1 is 1.52 bits per heavy atom. The first-order valence-electron chi connectivity index (χ1n) is 7.42. The number of nitro benzene ring substituents is 1. The molecule has 1 aromatic carbocycles. The third-order valence-corrected chi connectivity index (χ3v) is 3.92. The first-order chi connectivity index (χ1) is 10.1. The van der Waals surface area contributed by atoms with Gasteiger partial charge in [-0.15, -0.1) is 0 Å². The van der Waals surface area contributed by atoms with Crippen molar-refractivity contribution >= 4 is 5.69 Å². The molecule has 1 saturated heterocycles. The fourth-order valence-corrected chi connectivity index (χ4v) is 2.63. The van der Waals surface area contributed by atoms with Crippen LogP contribution in [0.15, 0.2) is 24.3 Å². The van der Waals surface area contributed by atoms with Crippen LogP contribution < -0.4 is 5.32 Å². The number of benzene rings is 1. The molecule has 1 aromatic rings. The molecule has 0 radical (unpaired) electrons. The number of nitrogens with one attached hydrogen (secondary N) is 1. The lowest BCUT2D eigenvalue weighted by atomic mass is 10.1. The van der Waals surface area contributed by atoms with Crippen molar-refractivity contribution in [1.82, 2.24) is 10.2 Å². The molecule has 6 nitrogen and oxygen atoms in total. The lowest BCUT2D eigenvalue weighted by Crippen LogP contribution is -2.46. The van der Waals surface area contributed by atoms with Crippen LogP contribution in [0, 0.1) is 10.1 Å². The Kier molecular flexibility index (Phi) is 5.67. The predicted molar refractivity (Wildman–Crippen MR) is 81.4 cm³/mol.